The standard InChI is InChI=1S/C27H32F3N3O4S/c28-27(29,30)22-16-18(17-23(34)20-8-9-20)6-7-19(22)10-15-38(36,37)33-13-11-26(12-14-33)25(35)31-24(32-26)21-4-2-1-3-5-21/h6-7,10,15-16,20-21H,1-5,8-9,11-14,17H2,(H,31,32,35)/b15-10+. The third-order valence-electron chi connectivity index (χ3n) is 8.15. The molecule has 3 fully saturated rings. The number of piperidine rings is 1. The fraction of sp³-hybridized carbons (Fsp3) is 0.593. The second kappa shape index (κ2) is 10.2. The molecule has 2 aliphatic carbocycles. The van der Waals surface area contributed by atoms with Gasteiger partial charge >= 0.3 is 6.18 Å². The van der Waals surface area contributed by atoms with Crippen LogP contribution in [0.25, 0.3) is 6.08 Å². The minimum atomic E-state index is -4.70. The van der Waals surface area contributed by atoms with Crippen molar-refractivity contribution in [3.63, 3.8) is 0 Å². The van der Waals surface area contributed by atoms with Gasteiger partial charge in [0.15, 0.2) is 0 Å². The van der Waals surface area contributed by atoms with E-state index in [0.717, 1.165) is 56.1 Å². The average molecular weight is 552 g/mol. The number of hydrogen-bond acceptors (Lipinski definition) is 5. The van der Waals surface area contributed by atoms with E-state index in [0.29, 0.717) is 5.84 Å². The molecule has 5 rings (SSSR count). The Morgan fingerprint density at radius 3 is 2.42 bits per heavy atom. The van der Waals surface area contributed by atoms with E-state index in [1.54, 1.807) is 0 Å². The Morgan fingerprint density at radius 1 is 1.11 bits per heavy atom. The monoisotopic (exact) mass is 551 g/mol. The summed E-state index contributed by atoms with van der Waals surface area (Å²) in [5, 5.41) is 3.72. The van der Waals surface area contributed by atoms with Crippen LogP contribution in [0.3, 0.4) is 0 Å². The molecule has 0 atom stereocenters. The van der Waals surface area contributed by atoms with Crippen LogP contribution in [0.4, 0.5) is 13.2 Å². The molecule has 0 unspecified atom stereocenters. The lowest BCUT2D eigenvalue weighted by Crippen LogP contribution is -2.50. The molecule has 7 nitrogen and oxygen atoms in total. The summed E-state index contributed by atoms with van der Waals surface area (Å²) in [7, 11) is -4.02. The van der Waals surface area contributed by atoms with Gasteiger partial charge < -0.3 is 5.32 Å². The Kier molecular flexibility index (Phi) is 7.28. The van der Waals surface area contributed by atoms with Crippen LogP contribution in [-0.2, 0) is 32.2 Å². The Balaban J connectivity index is 1.28. The number of benzene rings is 1. The van der Waals surface area contributed by atoms with Crippen LogP contribution in [0, 0.1) is 11.8 Å². The Labute approximate surface area is 220 Å². The lowest BCUT2D eigenvalue weighted by molar-refractivity contribution is -0.137. The van der Waals surface area contributed by atoms with Gasteiger partial charge in [0.1, 0.15) is 17.2 Å². The van der Waals surface area contributed by atoms with Crippen molar-refractivity contribution in [1.82, 2.24) is 9.62 Å². The number of nitrogens with zero attached hydrogens (tertiary/aromatic N) is 2. The number of carbonyl (C=O) groups is 2. The van der Waals surface area contributed by atoms with Crippen molar-refractivity contribution in [2.45, 2.75) is 75.9 Å². The van der Waals surface area contributed by atoms with Crippen molar-refractivity contribution in [1.29, 1.82) is 0 Å². The van der Waals surface area contributed by atoms with Gasteiger partial charge in [-0.1, -0.05) is 31.4 Å². The number of amidine groups is 1. The highest BCUT2D eigenvalue weighted by Gasteiger charge is 2.48. The quantitative estimate of drug-likeness (QED) is 0.541. The first kappa shape index (κ1) is 27.1. The number of halogens is 3. The molecular formula is C27H32F3N3O4S. The molecule has 2 saturated carbocycles. The van der Waals surface area contributed by atoms with Crippen molar-refractivity contribution in [2.75, 3.05) is 13.1 Å². The van der Waals surface area contributed by atoms with Gasteiger partial charge in [-0.25, -0.2) is 8.42 Å². The van der Waals surface area contributed by atoms with Crippen molar-refractivity contribution in [3.8, 4) is 0 Å². The van der Waals surface area contributed by atoms with Gasteiger partial charge in [0, 0.05) is 36.8 Å². The lowest BCUT2D eigenvalue weighted by atomic mass is 9.88. The highest BCUT2D eigenvalue weighted by atomic mass is 32.2. The molecule has 1 aromatic rings. The molecule has 1 amide bonds. The van der Waals surface area contributed by atoms with Gasteiger partial charge in [-0.3, -0.25) is 14.6 Å². The van der Waals surface area contributed by atoms with Gasteiger partial charge in [-0.15, -0.1) is 0 Å². The molecule has 38 heavy (non-hydrogen) atoms. The number of alkyl halides is 3. The van der Waals surface area contributed by atoms with E-state index in [1.807, 2.05) is 0 Å². The maximum atomic E-state index is 13.8. The molecule has 0 aromatic heterocycles. The van der Waals surface area contributed by atoms with E-state index < -0.39 is 27.3 Å². The number of rotatable bonds is 7. The van der Waals surface area contributed by atoms with Crippen LogP contribution in [0.15, 0.2) is 28.6 Å². The average Bonchev–Trinajstić information content (AvgIpc) is 3.69. The third-order valence-corrected chi connectivity index (χ3v) is 9.72. The summed E-state index contributed by atoms with van der Waals surface area (Å²) in [4.78, 5) is 29.6. The molecule has 0 radical (unpaired) electrons. The Morgan fingerprint density at radius 2 is 1.79 bits per heavy atom. The maximum absolute atomic E-state index is 13.8. The van der Waals surface area contributed by atoms with Crippen molar-refractivity contribution < 1.29 is 31.2 Å². The summed E-state index contributed by atoms with van der Waals surface area (Å²) in [6.45, 7) is 0.103. The SMILES string of the molecule is O=C(Cc1ccc(/C=C/S(=O)(=O)N2CCC3(CC2)N=C(C2CCCCC2)NC3=O)c(C(F)(F)F)c1)C1CC1. The number of ketones is 1. The van der Waals surface area contributed by atoms with Crippen LogP contribution in [0.1, 0.15) is 74.5 Å². The fourth-order valence-corrected chi connectivity index (χ4v) is 6.84. The minimum absolute atomic E-state index is 0.0515. The zero-order chi connectivity index (χ0) is 27.1. The first-order valence-corrected chi connectivity index (χ1v) is 14.8. The molecular weight excluding hydrogens is 519 g/mol. The van der Waals surface area contributed by atoms with Crippen molar-refractivity contribution in [2.24, 2.45) is 16.8 Å². The minimum Gasteiger partial charge on any atom is -0.312 e. The summed E-state index contributed by atoms with van der Waals surface area (Å²) in [6, 6.07) is 3.57. The highest BCUT2D eigenvalue weighted by Crippen LogP contribution is 2.37. The molecule has 2 heterocycles. The van der Waals surface area contributed by atoms with Gasteiger partial charge in [0.2, 0.25) is 10.0 Å². The summed E-state index contributed by atoms with van der Waals surface area (Å²) >= 11 is 0. The topological polar surface area (TPSA) is 95.9 Å². The molecule has 11 heteroatoms. The van der Waals surface area contributed by atoms with E-state index in [2.05, 4.69) is 5.32 Å². The van der Waals surface area contributed by atoms with Crippen LogP contribution in [0.2, 0.25) is 0 Å². The number of nitrogens with one attached hydrogen (secondary N) is 1. The molecule has 4 aliphatic rings. The number of aliphatic imine (C=N–C) groups is 1. The molecule has 2 aliphatic heterocycles. The van der Waals surface area contributed by atoms with Gasteiger partial charge in [-0.05, 0) is 61.8 Å². The fourth-order valence-electron chi connectivity index (χ4n) is 5.66. The zero-order valence-electron chi connectivity index (χ0n) is 21.1. The molecule has 1 spiro atoms. The molecule has 0 bridgehead atoms. The van der Waals surface area contributed by atoms with Crippen molar-refractivity contribution in [3.05, 3.63) is 40.3 Å². The van der Waals surface area contributed by atoms with Crippen LogP contribution < -0.4 is 5.32 Å². The predicted octanol–water partition coefficient (Wildman–Crippen LogP) is 4.47. The zero-order valence-corrected chi connectivity index (χ0v) is 21.9. The number of sulfonamides is 1. The molecule has 206 valence electrons. The predicted molar refractivity (Wildman–Crippen MR) is 137 cm³/mol. The van der Waals surface area contributed by atoms with Crippen LogP contribution in [-0.4, -0.2) is 48.9 Å². The summed E-state index contributed by atoms with van der Waals surface area (Å²) < 4.78 is 68.4. The lowest BCUT2D eigenvalue weighted by Gasteiger charge is -2.34. The van der Waals surface area contributed by atoms with Gasteiger partial charge in [0.05, 0.1) is 5.56 Å². The molecule has 1 N–H and O–H groups in total. The number of Topliss-reactive ketones (excluding diaryl/α,β-unsaturated/α-hetero) is 1. The Bertz CT molecular complexity index is 1270. The van der Waals surface area contributed by atoms with E-state index in [-0.39, 0.29) is 67.0 Å². The maximum Gasteiger partial charge on any atom is 0.416 e. The number of hydrogen-bond donors (Lipinski definition) is 1. The van der Waals surface area contributed by atoms with Crippen LogP contribution >= 0.6 is 0 Å². The van der Waals surface area contributed by atoms with E-state index >= 15 is 0 Å². The largest absolute Gasteiger partial charge is 0.416 e. The smallest absolute Gasteiger partial charge is 0.312 e. The van der Waals surface area contributed by atoms with Crippen molar-refractivity contribution >= 4 is 33.6 Å². The normalized spacial score (nSPS) is 23.1. The first-order chi connectivity index (χ1) is 18.0. The van der Waals surface area contributed by atoms with E-state index in [4.69, 9.17) is 4.99 Å². The van der Waals surface area contributed by atoms with E-state index in [1.165, 1.54) is 22.9 Å². The van der Waals surface area contributed by atoms with Crippen LogP contribution in [0.5, 0.6) is 0 Å². The van der Waals surface area contributed by atoms with Gasteiger partial charge in [0.25, 0.3) is 5.91 Å². The number of amides is 1. The molecule has 1 saturated heterocycles. The summed E-state index contributed by atoms with van der Waals surface area (Å²) in [5.74, 6) is 0.627. The summed E-state index contributed by atoms with van der Waals surface area (Å²) in [5.41, 5.74) is -1.97. The molecule has 1 aromatic carbocycles. The van der Waals surface area contributed by atoms with Gasteiger partial charge in [-0.2, -0.15) is 17.5 Å². The third kappa shape index (κ3) is 5.73. The van der Waals surface area contributed by atoms with E-state index in [9.17, 15) is 31.2 Å². The highest BCUT2D eigenvalue weighted by molar-refractivity contribution is 7.92. The first-order valence-electron chi connectivity index (χ1n) is 13.3. The second-order valence-electron chi connectivity index (χ2n) is 10.9. The summed E-state index contributed by atoms with van der Waals surface area (Å²) in [6.07, 6.45) is 3.53. The second-order valence-corrected chi connectivity index (χ2v) is 12.7. The Hall–Kier alpha value is -2.53. The number of carbonyl (C=O) groups excluding carboxylic acids is 2.